The third-order valence-electron chi connectivity index (χ3n) is 5.43. The van der Waals surface area contributed by atoms with Gasteiger partial charge in [0.05, 0.1) is 14.2 Å². The van der Waals surface area contributed by atoms with Gasteiger partial charge in [0.15, 0.2) is 11.5 Å². The molecule has 1 aliphatic heterocycles. The Morgan fingerprint density at radius 2 is 1.60 bits per heavy atom. The van der Waals surface area contributed by atoms with E-state index in [0.29, 0.717) is 18.0 Å². The van der Waals surface area contributed by atoms with Gasteiger partial charge in [-0.05, 0) is 60.8 Å². The summed E-state index contributed by atoms with van der Waals surface area (Å²) in [5, 5.41) is 2.94. The van der Waals surface area contributed by atoms with E-state index in [0.717, 1.165) is 17.7 Å². The van der Waals surface area contributed by atoms with Crippen LogP contribution in [0, 0.1) is 0 Å². The highest BCUT2D eigenvalue weighted by atomic mass is 16.5. The molecule has 0 radical (unpaired) electrons. The Morgan fingerprint density at radius 1 is 0.933 bits per heavy atom. The van der Waals surface area contributed by atoms with Gasteiger partial charge in [-0.2, -0.15) is 0 Å². The Kier molecular flexibility index (Phi) is 8.33. The highest BCUT2D eigenvalue weighted by Gasteiger charge is 2.09. The maximum absolute atomic E-state index is 12.2. The van der Waals surface area contributed by atoms with E-state index in [1.54, 1.807) is 20.3 Å². The van der Waals surface area contributed by atoms with Crippen LogP contribution >= 0.6 is 0 Å². The monoisotopic (exact) mass is 408 g/mol. The average Bonchev–Trinajstić information content (AvgIpc) is 3.05. The topological polar surface area (TPSA) is 50.8 Å². The van der Waals surface area contributed by atoms with Crippen LogP contribution in [-0.4, -0.2) is 38.1 Å². The molecule has 1 amide bonds. The van der Waals surface area contributed by atoms with E-state index in [1.807, 2.05) is 18.2 Å². The minimum absolute atomic E-state index is 0.126. The van der Waals surface area contributed by atoms with E-state index in [2.05, 4.69) is 34.5 Å². The first kappa shape index (κ1) is 21.9. The van der Waals surface area contributed by atoms with Gasteiger partial charge in [0.25, 0.3) is 0 Å². The minimum atomic E-state index is -0.126. The summed E-state index contributed by atoms with van der Waals surface area (Å²) in [5.74, 6) is 1.18. The lowest BCUT2D eigenvalue weighted by Gasteiger charge is -2.19. The molecule has 160 valence electrons. The molecule has 0 atom stereocenters. The standard InChI is InChI=1S/C25H32N2O3/c1-29-23-13-11-20(17-24(23)30-2)12-14-25(28)26-18-21-7-9-22(10-8-21)19-27-15-5-3-4-6-16-27/h7-14,17H,3-6,15-16,18-19H2,1-2H3,(H,26,28). The van der Waals surface area contributed by atoms with Crippen LogP contribution in [0.4, 0.5) is 0 Å². The number of amides is 1. The Morgan fingerprint density at radius 3 is 2.27 bits per heavy atom. The third-order valence-corrected chi connectivity index (χ3v) is 5.43. The van der Waals surface area contributed by atoms with Gasteiger partial charge in [-0.25, -0.2) is 0 Å². The normalized spacial score (nSPS) is 15.0. The summed E-state index contributed by atoms with van der Waals surface area (Å²) in [6, 6.07) is 14.1. The Balaban J connectivity index is 1.47. The van der Waals surface area contributed by atoms with Gasteiger partial charge in [-0.3, -0.25) is 9.69 Å². The van der Waals surface area contributed by atoms with Crippen LogP contribution in [-0.2, 0) is 17.9 Å². The molecule has 0 spiro atoms. The first-order valence-corrected chi connectivity index (χ1v) is 10.7. The van der Waals surface area contributed by atoms with Gasteiger partial charge in [-0.15, -0.1) is 0 Å². The molecule has 5 heteroatoms. The van der Waals surface area contributed by atoms with Gasteiger partial charge in [0.1, 0.15) is 0 Å². The molecule has 3 rings (SSSR count). The van der Waals surface area contributed by atoms with E-state index in [4.69, 9.17) is 9.47 Å². The van der Waals surface area contributed by atoms with Gasteiger partial charge >= 0.3 is 0 Å². The number of carbonyl (C=O) groups excluding carboxylic acids is 1. The molecule has 0 unspecified atom stereocenters. The molecule has 2 aromatic rings. The first-order chi connectivity index (χ1) is 14.7. The number of nitrogens with zero attached hydrogens (tertiary/aromatic N) is 1. The third kappa shape index (κ3) is 6.63. The number of likely N-dealkylation sites (tertiary alicyclic amines) is 1. The van der Waals surface area contributed by atoms with E-state index in [9.17, 15) is 4.79 Å². The molecule has 1 heterocycles. The lowest BCUT2D eigenvalue weighted by atomic mass is 10.1. The van der Waals surface area contributed by atoms with Crippen molar-refractivity contribution in [1.29, 1.82) is 0 Å². The van der Waals surface area contributed by atoms with E-state index < -0.39 is 0 Å². The fourth-order valence-corrected chi connectivity index (χ4v) is 3.69. The van der Waals surface area contributed by atoms with Crippen LogP contribution in [0.25, 0.3) is 6.08 Å². The number of carbonyl (C=O) groups is 1. The molecule has 5 nitrogen and oxygen atoms in total. The van der Waals surface area contributed by atoms with E-state index in [1.165, 1.54) is 50.4 Å². The predicted octanol–water partition coefficient (Wildman–Crippen LogP) is 4.41. The summed E-state index contributed by atoms with van der Waals surface area (Å²) in [5.41, 5.74) is 3.31. The van der Waals surface area contributed by atoms with Crippen LogP contribution in [0.1, 0.15) is 42.4 Å². The van der Waals surface area contributed by atoms with Crippen molar-refractivity contribution >= 4 is 12.0 Å². The first-order valence-electron chi connectivity index (χ1n) is 10.7. The number of hydrogen-bond acceptors (Lipinski definition) is 4. The fraction of sp³-hybridized carbons (Fsp3) is 0.400. The molecule has 1 N–H and O–H groups in total. The minimum Gasteiger partial charge on any atom is -0.493 e. The summed E-state index contributed by atoms with van der Waals surface area (Å²) >= 11 is 0. The lowest BCUT2D eigenvalue weighted by Crippen LogP contribution is -2.24. The van der Waals surface area contributed by atoms with Gasteiger partial charge < -0.3 is 14.8 Å². The highest BCUT2D eigenvalue weighted by molar-refractivity contribution is 5.91. The summed E-state index contributed by atoms with van der Waals surface area (Å²) in [6.45, 7) is 3.92. The van der Waals surface area contributed by atoms with Crippen molar-refractivity contribution in [1.82, 2.24) is 10.2 Å². The molecule has 0 aliphatic carbocycles. The Hall–Kier alpha value is -2.79. The second-order valence-corrected chi connectivity index (χ2v) is 7.67. The Bertz CT molecular complexity index is 838. The molecular formula is C25H32N2O3. The molecule has 1 saturated heterocycles. The van der Waals surface area contributed by atoms with Crippen LogP contribution < -0.4 is 14.8 Å². The summed E-state index contributed by atoms with van der Waals surface area (Å²) in [6.07, 6.45) is 8.63. The number of benzene rings is 2. The van der Waals surface area contributed by atoms with Crippen LogP contribution in [0.5, 0.6) is 11.5 Å². The number of rotatable bonds is 8. The number of methoxy groups -OCH3 is 2. The van der Waals surface area contributed by atoms with Crippen molar-refractivity contribution in [2.75, 3.05) is 27.3 Å². The van der Waals surface area contributed by atoms with Crippen molar-refractivity contribution in [3.05, 3.63) is 65.2 Å². The number of ether oxygens (including phenoxy) is 2. The predicted molar refractivity (Wildman–Crippen MR) is 121 cm³/mol. The maximum atomic E-state index is 12.2. The molecule has 2 aromatic carbocycles. The molecule has 0 bridgehead atoms. The van der Waals surface area contributed by atoms with Crippen LogP contribution in [0.15, 0.2) is 48.5 Å². The molecule has 0 saturated carbocycles. The highest BCUT2D eigenvalue weighted by Crippen LogP contribution is 2.27. The molecule has 0 aromatic heterocycles. The smallest absolute Gasteiger partial charge is 0.244 e. The SMILES string of the molecule is COc1ccc(C=CC(=O)NCc2ccc(CN3CCCCCC3)cc2)cc1OC. The van der Waals surface area contributed by atoms with E-state index >= 15 is 0 Å². The lowest BCUT2D eigenvalue weighted by molar-refractivity contribution is -0.116. The van der Waals surface area contributed by atoms with Crippen molar-refractivity contribution in [3.63, 3.8) is 0 Å². The largest absolute Gasteiger partial charge is 0.493 e. The molecule has 30 heavy (non-hydrogen) atoms. The summed E-state index contributed by atoms with van der Waals surface area (Å²) in [4.78, 5) is 14.7. The molecule has 1 fully saturated rings. The van der Waals surface area contributed by atoms with Crippen LogP contribution in [0.2, 0.25) is 0 Å². The fourth-order valence-electron chi connectivity index (χ4n) is 3.69. The zero-order valence-electron chi connectivity index (χ0n) is 18.0. The zero-order valence-corrected chi connectivity index (χ0v) is 18.0. The van der Waals surface area contributed by atoms with Crippen molar-refractivity contribution in [2.24, 2.45) is 0 Å². The number of nitrogens with one attached hydrogen (secondary N) is 1. The summed E-state index contributed by atoms with van der Waals surface area (Å²) in [7, 11) is 3.19. The maximum Gasteiger partial charge on any atom is 0.244 e. The van der Waals surface area contributed by atoms with Gasteiger partial charge in [-0.1, -0.05) is 43.2 Å². The average molecular weight is 409 g/mol. The van der Waals surface area contributed by atoms with Crippen LogP contribution in [0.3, 0.4) is 0 Å². The quantitative estimate of drug-likeness (QED) is 0.658. The number of hydrogen-bond donors (Lipinski definition) is 1. The molecular weight excluding hydrogens is 376 g/mol. The Labute approximate surface area is 179 Å². The van der Waals surface area contributed by atoms with E-state index in [-0.39, 0.29) is 5.91 Å². The van der Waals surface area contributed by atoms with Crippen molar-refractivity contribution in [2.45, 2.75) is 38.8 Å². The second-order valence-electron chi connectivity index (χ2n) is 7.67. The van der Waals surface area contributed by atoms with Gasteiger partial charge in [0, 0.05) is 19.2 Å². The van der Waals surface area contributed by atoms with Crippen molar-refractivity contribution < 1.29 is 14.3 Å². The second kappa shape index (κ2) is 11.4. The van der Waals surface area contributed by atoms with Gasteiger partial charge in [0.2, 0.25) is 5.91 Å². The molecule has 1 aliphatic rings. The summed E-state index contributed by atoms with van der Waals surface area (Å²) < 4.78 is 10.5. The van der Waals surface area contributed by atoms with Crippen molar-refractivity contribution in [3.8, 4) is 11.5 Å². The zero-order chi connectivity index (χ0) is 21.2.